The van der Waals surface area contributed by atoms with Crippen LogP contribution in [0, 0.1) is 0 Å². The smallest absolute Gasteiger partial charge is 0.243 e. The molecule has 0 spiro atoms. The van der Waals surface area contributed by atoms with Gasteiger partial charge in [-0.15, -0.1) is 0 Å². The van der Waals surface area contributed by atoms with Crippen LogP contribution in [-0.4, -0.2) is 44.6 Å². The van der Waals surface area contributed by atoms with E-state index in [9.17, 15) is 18.0 Å². The molecule has 0 aliphatic carbocycles. The van der Waals surface area contributed by atoms with E-state index in [1.165, 1.54) is 38.2 Å². The summed E-state index contributed by atoms with van der Waals surface area (Å²) in [6, 6.07) is 12.3. The van der Waals surface area contributed by atoms with Crippen LogP contribution in [0.1, 0.15) is 17.3 Å². The van der Waals surface area contributed by atoms with E-state index in [0.717, 1.165) is 4.31 Å². The first-order valence-electron chi connectivity index (χ1n) is 8.45. The summed E-state index contributed by atoms with van der Waals surface area (Å²) < 4.78 is 31.6. The van der Waals surface area contributed by atoms with E-state index in [0.29, 0.717) is 23.6 Å². The van der Waals surface area contributed by atoms with Gasteiger partial charge in [-0.3, -0.25) is 9.59 Å². The Kier molecular flexibility index (Phi) is 7.08. The minimum atomic E-state index is -3.86. The normalized spacial score (nSPS) is 11.1. The Labute approximate surface area is 164 Å². The number of hydrogen-bond acceptors (Lipinski definition) is 5. The molecule has 0 radical (unpaired) electrons. The second-order valence-electron chi connectivity index (χ2n) is 6.02. The summed E-state index contributed by atoms with van der Waals surface area (Å²) in [7, 11) is -2.55. The quantitative estimate of drug-likeness (QED) is 0.514. The van der Waals surface area contributed by atoms with Crippen molar-refractivity contribution in [2.45, 2.75) is 11.8 Å². The van der Waals surface area contributed by atoms with Gasteiger partial charge in [0, 0.05) is 24.4 Å². The summed E-state index contributed by atoms with van der Waals surface area (Å²) in [5, 5.41) is 2.64. The Morgan fingerprint density at radius 3 is 2.46 bits per heavy atom. The van der Waals surface area contributed by atoms with Crippen LogP contribution in [0.5, 0.6) is 5.75 Å². The summed E-state index contributed by atoms with van der Waals surface area (Å²) >= 11 is 0. The van der Waals surface area contributed by atoms with E-state index < -0.39 is 15.9 Å². The summed E-state index contributed by atoms with van der Waals surface area (Å²) in [5.41, 5.74) is 0.904. The number of hydrogen-bond donors (Lipinski definition) is 1. The maximum Gasteiger partial charge on any atom is 0.243 e. The molecule has 0 saturated carbocycles. The predicted octanol–water partition coefficient (Wildman–Crippen LogP) is 2.71. The number of rotatable bonds is 9. The van der Waals surface area contributed by atoms with Gasteiger partial charge in [-0.1, -0.05) is 30.9 Å². The molecule has 0 bridgehead atoms. The zero-order valence-electron chi connectivity index (χ0n) is 15.7. The van der Waals surface area contributed by atoms with Crippen LogP contribution in [0.4, 0.5) is 5.69 Å². The largest absolute Gasteiger partial charge is 0.489 e. The molecule has 0 aliphatic heterocycles. The molecule has 0 fully saturated rings. The molecule has 2 aromatic rings. The van der Waals surface area contributed by atoms with E-state index in [2.05, 4.69) is 11.9 Å². The van der Waals surface area contributed by atoms with Crippen LogP contribution < -0.4 is 10.1 Å². The van der Waals surface area contributed by atoms with Crippen LogP contribution in [0.2, 0.25) is 0 Å². The zero-order valence-corrected chi connectivity index (χ0v) is 16.5. The number of benzene rings is 2. The number of carbonyl (C=O) groups is 2. The number of carbonyl (C=O) groups excluding carboxylic acids is 2. The minimum absolute atomic E-state index is 0.00706. The van der Waals surface area contributed by atoms with Gasteiger partial charge in [0.05, 0.1) is 11.4 Å². The Morgan fingerprint density at radius 2 is 1.86 bits per heavy atom. The Hall–Kier alpha value is -2.97. The number of nitrogens with one attached hydrogen (secondary N) is 1. The first-order valence-corrected chi connectivity index (χ1v) is 9.89. The van der Waals surface area contributed by atoms with E-state index in [1.807, 2.05) is 0 Å². The molecule has 7 nitrogen and oxygen atoms in total. The number of ketones is 1. The maximum absolute atomic E-state index is 12.6. The lowest BCUT2D eigenvalue weighted by Crippen LogP contribution is -2.35. The minimum Gasteiger partial charge on any atom is -0.489 e. The molecule has 2 rings (SSSR count). The second kappa shape index (κ2) is 9.29. The van der Waals surface area contributed by atoms with Crippen molar-refractivity contribution in [2.24, 2.45) is 0 Å². The number of likely N-dealkylation sites (N-methyl/N-ethyl adjacent to an activating group) is 1. The average molecular weight is 402 g/mol. The van der Waals surface area contributed by atoms with Crippen LogP contribution >= 0.6 is 0 Å². The van der Waals surface area contributed by atoms with Gasteiger partial charge in [-0.2, -0.15) is 4.31 Å². The van der Waals surface area contributed by atoms with Crippen molar-refractivity contribution in [2.75, 3.05) is 25.5 Å². The van der Waals surface area contributed by atoms with E-state index >= 15 is 0 Å². The van der Waals surface area contributed by atoms with Gasteiger partial charge in [0.25, 0.3) is 0 Å². The molecule has 0 unspecified atom stereocenters. The molecule has 0 aliphatic rings. The Balaban J connectivity index is 2.04. The van der Waals surface area contributed by atoms with Crippen molar-refractivity contribution < 1.29 is 22.7 Å². The molecule has 28 heavy (non-hydrogen) atoms. The first kappa shape index (κ1) is 21.3. The van der Waals surface area contributed by atoms with Crippen molar-refractivity contribution in [1.82, 2.24) is 4.31 Å². The predicted molar refractivity (Wildman–Crippen MR) is 107 cm³/mol. The molecule has 8 heteroatoms. The summed E-state index contributed by atoms with van der Waals surface area (Å²) in [6.45, 7) is 4.93. The van der Waals surface area contributed by atoms with Gasteiger partial charge >= 0.3 is 0 Å². The van der Waals surface area contributed by atoms with Crippen LogP contribution in [-0.2, 0) is 14.8 Å². The molecule has 0 atom stereocenters. The van der Waals surface area contributed by atoms with Gasteiger partial charge in [-0.05, 0) is 31.2 Å². The van der Waals surface area contributed by atoms with Crippen molar-refractivity contribution in [1.29, 1.82) is 0 Å². The van der Waals surface area contributed by atoms with Gasteiger partial charge in [0.1, 0.15) is 12.4 Å². The van der Waals surface area contributed by atoms with Crippen molar-refractivity contribution in [3.8, 4) is 5.75 Å². The fourth-order valence-electron chi connectivity index (χ4n) is 2.35. The van der Waals surface area contributed by atoms with Crippen LogP contribution in [0.3, 0.4) is 0 Å². The van der Waals surface area contributed by atoms with E-state index in [-0.39, 0.29) is 17.2 Å². The van der Waals surface area contributed by atoms with Gasteiger partial charge in [0.15, 0.2) is 5.78 Å². The highest BCUT2D eigenvalue weighted by Crippen LogP contribution is 2.18. The molecule has 1 amide bonds. The molecule has 1 N–H and O–H groups in total. The second-order valence-corrected chi connectivity index (χ2v) is 8.06. The van der Waals surface area contributed by atoms with Crippen molar-refractivity contribution in [3.05, 3.63) is 66.7 Å². The van der Waals surface area contributed by atoms with Gasteiger partial charge < -0.3 is 10.1 Å². The van der Waals surface area contributed by atoms with Gasteiger partial charge in [0.2, 0.25) is 15.9 Å². The van der Waals surface area contributed by atoms with Crippen LogP contribution in [0.25, 0.3) is 0 Å². The number of ether oxygens (including phenoxy) is 1. The Bertz CT molecular complexity index is 968. The lowest BCUT2D eigenvalue weighted by Gasteiger charge is -2.17. The highest BCUT2D eigenvalue weighted by molar-refractivity contribution is 7.89. The Morgan fingerprint density at radius 1 is 1.18 bits per heavy atom. The lowest BCUT2D eigenvalue weighted by molar-refractivity contribution is -0.116. The van der Waals surface area contributed by atoms with Crippen LogP contribution in [0.15, 0.2) is 66.1 Å². The molecular weight excluding hydrogens is 380 g/mol. The van der Waals surface area contributed by atoms with Crippen molar-refractivity contribution in [3.63, 3.8) is 0 Å². The molecule has 2 aromatic carbocycles. The van der Waals surface area contributed by atoms with E-state index in [1.54, 1.807) is 30.3 Å². The third kappa shape index (κ3) is 5.51. The monoisotopic (exact) mass is 402 g/mol. The molecular formula is C20H22N2O5S. The van der Waals surface area contributed by atoms with E-state index in [4.69, 9.17) is 4.74 Å². The molecule has 0 aromatic heterocycles. The number of nitrogens with zero attached hydrogens (tertiary/aromatic N) is 1. The standard InChI is InChI=1S/C20H22N2O5S/c1-4-12-27-18-7-5-6-17(13-18)21-20(24)14-22(3)28(25,26)19-10-8-16(9-11-19)15(2)23/h4-11,13H,1,12,14H2,2-3H3,(H,21,24). The number of Topliss-reactive ketones (excluding diaryl/α,β-unsaturated/α-hetero) is 1. The zero-order chi connectivity index (χ0) is 20.7. The van der Waals surface area contributed by atoms with Gasteiger partial charge in [-0.25, -0.2) is 8.42 Å². The summed E-state index contributed by atoms with van der Waals surface area (Å²) in [5.74, 6) is -0.0903. The third-order valence-corrected chi connectivity index (χ3v) is 5.64. The summed E-state index contributed by atoms with van der Waals surface area (Å²) in [4.78, 5) is 23.6. The highest BCUT2D eigenvalue weighted by Gasteiger charge is 2.23. The SMILES string of the molecule is C=CCOc1cccc(NC(=O)CN(C)S(=O)(=O)c2ccc(C(C)=O)cc2)c1. The molecule has 0 heterocycles. The fraction of sp³-hybridized carbons (Fsp3) is 0.200. The fourth-order valence-corrected chi connectivity index (χ4v) is 3.48. The third-order valence-electron chi connectivity index (χ3n) is 3.82. The van der Waals surface area contributed by atoms with Crippen molar-refractivity contribution >= 4 is 27.4 Å². The summed E-state index contributed by atoms with van der Waals surface area (Å²) in [6.07, 6.45) is 1.61. The first-order chi connectivity index (χ1) is 13.2. The highest BCUT2D eigenvalue weighted by atomic mass is 32.2. The number of amides is 1. The topological polar surface area (TPSA) is 92.8 Å². The average Bonchev–Trinajstić information content (AvgIpc) is 2.66. The lowest BCUT2D eigenvalue weighted by atomic mass is 10.2. The molecule has 0 saturated heterocycles. The maximum atomic E-state index is 12.6. The number of sulfonamides is 1. The number of anilines is 1. The molecule has 148 valence electrons.